The van der Waals surface area contributed by atoms with Gasteiger partial charge in [-0.05, 0) is 23.6 Å². The minimum Gasteiger partial charge on any atom is -0.451 e. The highest BCUT2D eigenvalue weighted by atomic mass is 32.1. The number of thiophene rings is 1. The fourth-order valence-corrected chi connectivity index (χ4v) is 4.88. The van der Waals surface area contributed by atoms with Crippen molar-refractivity contribution < 1.29 is 14.0 Å². The summed E-state index contributed by atoms with van der Waals surface area (Å²) in [6.07, 6.45) is 0.659. The molecule has 8 heteroatoms. The Morgan fingerprint density at radius 2 is 2.11 bits per heavy atom. The molecule has 0 saturated heterocycles. The van der Waals surface area contributed by atoms with Crippen LogP contribution in [0.1, 0.15) is 31.5 Å². The molecule has 1 aliphatic rings. The van der Waals surface area contributed by atoms with Crippen LogP contribution in [0.3, 0.4) is 0 Å². The van der Waals surface area contributed by atoms with Crippen LogP contribution in [-0.4, -0.2) is 28.2 Å². The Kier molecular flexibility index (Phi) is 4.22. The fourth-order valence-electron chi connectivity index (χ4n) is 3.23. The van der Waals surface area contributed by atoms with E-state index < -0.39 is 0 Å². The van der Waals surface area contributed by atoms with Crippen LogP contribution in [-0.2, 0) is 13.0 Å². The van der Waals surface area contributed by atoms with Crippen LogP contribution < -0.4 is 5.32 Å². The Labute approximate surface area is 168 Å². The predicted molar refractivity (Wildman–Crippen MR) is 109 cm³/mol. The topological polar surface area (TPSA) is 75.4 Å². The maximum atomic E-state index is 12.9. The molecule has 5 rings (SSSR count). The Hall–Kier alpha value is -2.97. The number of benzene rings is 1. The van der Waals surface area contributed by atoms with Crippen molar-refractivity contribution in [3.63, 3.8) is 0 Å². The average molecular weight is 409 g/mol. The van der Waals surface area contributed by atoms with Crippen molar-refractivity contribution in [2.45, 2.75) is 13.0 Å². The average Bonchev–Trinajstić information content (AvgIpc) is 3.44. The second-order valence-electron chi connectivity index (χ2n) is 6.48. The second-order valence-corrected chi connectivity index (χ2v) is 8.34. The summed E-state index contributed by atoms with van der Waals surface area (Å²) in [6.45, 7) is 1.04. The molecular weight excluding hydrogens is 394 g/mol. The molecule has 0 atom stereocenters. The summed E-state index contributed by atoms with van der Waals surface area (Å²) in [5, 5.41) is 8.00. The Morgan fingerprint density at radius 3 is 2.93 bits per heavy atom. The summed E-state index contributed by atoms with van der Waals surface area (Å²) >= 11 is 2.90. The number of hydrogen-bond donors (Lipinski definition) is 1. The van der Waals surface area contributed by atoms with Gasteiger partial charge in [0.25, 0.3) is 11.8 Å². The van der Waals surface area contributed by atoms with E-state index in [1.165, 1.54) is 22.7 Å². The normalized spacial score (nSPS) is 13.5. The maximum absolute atomic E-state index is 12.9. The molecule has 0 fully saturated rings. The summed E-state index contributed by atoms with van der Waals surface area (Å²) in [5.41, 5.74) is 2.28. The molecule has 0 spiro atoms. The third-order valence-electron chi connectivity index (χ3n) is 4.66. The zero-order valence-corrected chi connectivity index (χ0v) is 16.3. The zero-order chi connectivity index (χ0) is 19.1. The van der Waals surface area contributed by atoms with Crippen molar-refractivity contribution >= 4 is 50.6 Å². The van der Waals surface area contributed by atoms with Crippen molar-refractivity contribution in [1.29, 1.82) is 0 Å². The number of aromatic nitrogens is 1. The van der Waals surface area contributed by atoms with Gasteiger partial charge in [-0.25, -0.2) is 4.98 Å². The number of nitrogens with one attached hydrogen (secondary N) is 1. The van der Waals surface area contributed by atoms with E-state index >= 15 is 0 Å². The molecule has 4 aromatic rings. The molecule has 1 aliphatic heterocycles. The molecule has 28 heavy (non-hydrogen) atoms. The quantitative estimate of drug-likeness (QED) is 0.544. The van der Waals surface area contributed by atoms with Crippen LogP contribution in [0.25, 0.3) is 11.0 Å². The van der Waals surface area contributed by atoms with E-state index in [1.807, 2.05) is 29.6 Å². The first-order valence-corrected chi connectivity index (χ1v) is 10.5. The number of rotatable bonds is 3. The van der Waals surface area contributed by atoms with E-state index in [0.717, 1.165) is 16.0 Å². The van der Waals surface area contributed by atoms with Crippen LogP contribution in [0.5, 0.6) is 0 Å². The third-order valence-corrected chi connectivity index (χ3v) is 6.34. The minimum atomic E-state index is -0.164. The van der Waals surface area contributed by atoms with Gasteiger partial charge in [-0.2, -0.15) is 11.3 Å². The van der Waals surface area contributed by atoms with Crippen LogP contribution in [0.15, 0.2) is 51.6 Å². The van der Waals surface area contributed by atoms with Crippen molar-refractivity contribution in [2.24, 2.45) is 0 Å². The smallest absolute Gasteiger partial charge is 0.289 e. The molecule has 0 radical (unpaired) electrons. The maximum Gasteiger partial charge on any atom is 0.289 e. The molecule has 0 bridgehead atoms. The first-order chi connectivity index (χ1) is 13.7. The first-order valence-electron chi connectivity index (χ1n) is 8.77. The monoisotopic (exact) mass is 409 g/mol. The largest absolute Gasteiger partial charge is 0.451 e. The lowest BCUT2D eigenvalue weighted by Gasteiger charge is -2.25. The molecule has 4 heterocycles. The van der Waals surface area contributed by atoms with E-state index in [-0.39, 0.29) is 11.8 Å². The molecular formula is C20H15N3O3S2. The number of carbonyl (C=O) groups excluding carboxylic acids is 2. The number of furan rings is 1. The Morgan fingerprint density at radius 1 is 1.21 bits per heavy atom. The van der Waals surface area contributed by atoms with Gasteiger partial charge in [0.1, 0.15) is 5.58 Å². The van der Waals surface area contributed by atoms with Gasteiger partial charge >= 0.3 is 0 Å². The fraction of sp³-hybridized carbons (Fsp3) is 0.150. The van der Waals surface area contributed by atoms with Gasteiger partial charge in [-0.1, -0.05) is 29.5 Å². The summed E-state index contributed by atoms with van der Waals surface area (Å²) in [5.74, 6) is 0.0572. The van der Waals surface area contributed by atoms with Crippen LogP contribution in [0, 0.1) is 0 Å². The lowest BCUT2D eigenvalue weighted by molar-refractivity contribution is 0.0706. The van der Waals surface area contributed by atoms with Crippen molar-refractivity contribution in [1.82, 2.24) is 9.88 Å². The molecule has 1 aromatic carbocycles. The summed E-state index contributed by atoms with van der Waals surface area (Å²) < 4.78 is 5.71. The number of amides is 2. The SMILES string of the molecule is O=C(Nc1nc2c(s1)CN(C(=O)c1cc3ccccc3o1)CC2)c1ccsc1. The molecule has 1 N–H and O–H groups in total. The minimum absolute atomic E-state index is 0.126. The number of carbonyl (C=O) groups is 2. The number of hydrogen-bond acceptors (Lipinski definition) is 6. The van der Waals surface area contributed by atoms with E-state index in [2.05, 4.69) is 10.3 Å². The molecule has 0 unspecified atom stereocenters. The first kappa shape index (κ1) is 17.2. The third kappa shape index (κ3) is 3.10. The van der Waals surface area contributed by atoms with Crippen LogP contribution in [0.2, 0.25) is 0 Å². The van der Waals surface area contributed by atoms with Gasteiger partial charge in [-0.3, -0.25) is 14.9 Å². The summed E-state index contributed by atoms with van der Waals surface area (Å²) in [4.78, 5) is 32.4. The van der Waals surface area contributed by atoms with Gasteiger partial charge < -0.3 is 9.32 Å². The molecule has 140 valence electrons. The Bertz CT molecular complexity index is 1140. The standard InChI is InChI=1S/C20H15N3O3S2/c24-18(13-6-8-27-11-13)22-20-21-14-5-7-23(10-17(14)28-20)19(25)16-9-12-3-1-2-4-15(12)26-16/h1-4,6,8-9,11H,5,7,10H2,(H,21,22,24). The number of anilines is 1. The lowest BCUT2D eigenvalue weighted by atomic mass is 10.1. The van der Waals surface area contributed by atoms with E-state index in [0.29, 0.717) is 41.5 Å². The van der Waals surface area contributed by atoms with E-state index in [1.54, 1.807) is 22.4 Å². The molecule has 0 saturated carbocycles. The number of nitrogens with zero attached hydrogens (tertiary/aromatic N) is 2. The van der Waals surface area contributed by atoms with Crippen LogP contribution in [0.4, 0.5) is 5.13 Å². The van der Waals surface area contributed by atoms with Gasteiger partial charge in [0, 0.05) is 28.6 Å². The van der Waals surface area contributed by atoms with Gasteiger partial charge in [0.2, 0.25) is 0 Å². The summed E-state index contributed by atoms with van der Waals surface area (Å²) in [6, 6.07) is 11.1. The zero-order valence-electron chi connectivity index (χ0n) is 14.7. The van der Waals surface area contributed by atoms with Gasteiger partial charge in [0.15, 0.2) is 10.9 Å². The van der Waals surface area contributed by atoms with E-state index in [4.69, 9.17) is 4.42 Å². The second kappa shape index (κ2) is 6.88. The van der Waals surface area contributed by atoms with Gasteiger partial charge in [0.05, 0.1) is 17.8 Å². The van der Waals surface area contributed by atoms with Gasteiger partial charge in [-0.15, -0.1) is 0 Å². The lowest BCUT2D eigenvalue weighted by Crippen LogP contribution is -2.35. The molecule has 6 nitrogen and oxygen atoms in total. The highest BCUT2D eigenvalue weighted by Crippen LogP contribution is 2.30. The number of para-hydroxylation sites is 1. The highest BCUT2D eigenvalue weighted by molar-refractivity contribution is 7.16. The number of thiazole rings is 1. The van der Waals surface area contributed by atoms with Crippen LogP contribution >= 0.6 is 22.7 Å². The molecule has 2 amide bonds. The highest BCUT2D eigenvalue weighted by Gasteiger charge is 2.27. The van der Waals surface area contributed by atoms with Crippen molar-refractivity contribution in [3.8, 4) is 0 Å². The van der Waals surface area contributed by atoms with Crippen molar-refractivity contribution in [2.75, 3.05) is 11.9 Å². The summed E-state index contributed by atoms with van der Waals surface area (Å²) in [7, 11) is 0. The Balaban J connectivity index is 1.33. The number of fused-ring (bicyclic) bond motifs is 2. The molecule has 0 aliphatic carbocycles. The van der Waals surface area contributed by atoms with E-state index in [9.17, 15) is 9.59 Å². The van der Waals surface area contributed by atoms with Crippen molar-refractivity contribution in [3.05, 3.63) is 69.1 Å². The molecule has 3 aromatic heterocycles. The predicted octanol–water partition coefficient (Wildman–Crippen LogP) is 4.40.